The quantitative estimate of drug-likeness (QED) is 0.790. The summed E-state index contributed by atoms with van der Waals surface area (Å²) >= 11 is 0. The van der Waals surface area contributed by atoms with Crippen LogP contribution in [0.3, 0.4) is 0 Å². The van der Waals surface area contributed by atoms with Crippen LogP contribution >= 0.6 is 0 Å². The maximum absolute atomic E-state index is 13.0. The van der Waals surface area contributed by atoms with E-state index in [4.69, 9.17) is 4.42 Å². The second kappa shape index (κ2) is 6.45. The number of aliphatic hydroxyl groups is 1. The number of hydrogen-bond donors (Lipinski definition) is 2. The molecule has 0 amide bonds. The standard InChI is InChI=1S/C14H15F2NO2/c15-12-4-3-10(8-13(12)16)14(18)9-17-6-5-11-2-1-7-19-11/h1-4,7-8,14,17-18H,5-6,9H2. The van der Waals surface area contributed by atoms with Crippen molar-refractivity contribution in [2.45, 2.75) is 12.5 Å². The third kappa shape index (κ3) is 3.87. The maximum Gasteiger partial charge on any atom is 0.159 e. The van der Waals surface area contributed by atoms with Gasteiger partial charge in [0.2, 0.25) is 0 Å². The van der Waals surface area contributed by atoms with Crippen LogP contribution in [-0.4, -0.2) is 18.2 Å². The van der Waals surface area contributed by atoms with E-state index < -0.39 is 17.7 Å². The number of furan rings is 1. The van der Waals surface area contributed by atoms with Crippen molar-refractivity contribution in [3.8, 4) is 0 Å². The van der Waals surface area contributed by atoms with Gasteiger partial charge in [-0.3, -0.25) is 0 Å². The predicted octanol–water partition coefficient (Wildman–Crippen LogP) is 2.42. The molecule has 0 aliphatic carbocycles. The zero-order valence-electron chi connectivity index (χ0n) is 10.3. The molecule has 3 nitrogen and oxygen atoms in total. The van der Waals surface area contributed by atoms with Crippen molar-refractivity contribution >= 4 is 0 Å². The van der Waals surface area contributed by atoms with E-state index in [9.17, 15) is 13.9 Å². The zero-order valence-corrected chi connectivity index (χ0v) is 10.3. The Morgan fingerprint density at radius 1 is 1.21 bits per heavy atom. The van der Waals surface area contributed by atoms with E-state index in [0.29, 0.717) is 18.5 Å². The predicted molar refractivity (Wildman–Crippen MR) is 66.6 cm³/mol. The first-order valence-electron chi connectivity index (χ1n) is 6.03. The van der Waals surface area contributed by atoms with Gasteiger partial charge in [-0.15, -0.1) is 0 Å². The molecular weight excluding hydrogens is 252 g/mol. The molecule has 2 aromatic rings. The van der Waals surface area contributed by atoms with Gasteiger partial charge in [-0.1, -0.05) is 6.07 Å². The summed E-state index contributed by atoms with van der Waals surface area (Å²) in [4.78, 5) is 0. The summed E-state index contributed by atoms with van der Waals surface area (Å²) in [6.45, 7) is 0.903. The molecule has 0 bridgehead atoms. The molecular formula is C14H15F2NO2. The second-order valence-corrected chi connectivity index (χ2v) is 4.22. The molecule has 0 radical (unpaired) electrons. The average molecular weight is 267 g/mol. The molecule has 2 rings (SSSR count). The Morgan fingerprint density at radius 3 is 2.74 bits per heavy atom. The summed E-state index contributed by atoms with van der Waals surface area (Å²) in [6, 6.07) is 7.07. The molecule has 19 heavy (non-hydrogen) atoms. The van der Waals surface area contributed by atoms with Crippen LogP contribution in [0, 0.1) is 11.6 Å². The van der Waals surface area contributed by atoms with Gasteiger partial charge in [0.1, 0.15) is 5.76 Å². The van der Waals surface area contributed by atoms with E-state index in [1.165, 1.54) is 6.07 Å². The summed E-state index contributed by atoms with van der Waals surface area (Å²) < 4.78 is 30.9. The Hall–Kier alpha value is -1.72. The molecule has 0 saturated heterocycles. The summed E-state index contributed by atoms with van der Waals surface area (Å²) in [7, 11) is 0. The van der Waals surface area contributed by atoms with Crippen LogP contribution in [0.2, 0.25) is 0 Å². The molecule has 0 aliphatic rings. The van der Waals surface area contributed by atoms with Crippen molar-refractivity contribution in [2.75, 3.05) is 13.1 Å². The number of rotatable bonds is 6. The molecule has 1 aromatic carbocycles. The fraction of sp³-hybridized carbons (Fsp3) is 0.286. The van der Waals surface area contributed by atoms with Gasteiger partial charge in [0.05, 0.1) is 12.4 Å². The van der Waals surface area contributed by atoms with Gasteiger partial charge in [0, 0.05) is 19.5 Å². The minimum Gasteiger partial charge on any atom is -0.469 e. The van der Waals surface area contributed by atoms with E-state index in [1.807, 2.05) is 12.1 Å². The molecule has 102 valence electrons. The van der Waals surface area contributed by atoms with Gasteiger partial charge < -0.3 is 14.8 Å². The van der Waals surface area contributed by atoms with Crippen molar-refractivity contribution in [2.24, 2.45) is 0 Å². The lowest BCUT2D eigenvalue weighted by molar-refractivity contribution is 0.174. The van der Waals surface area contributed by atoms with Gasteiger partial charge in [-0.2, -0.15) is 0 Å². The maximum atomic E-state index is 13.0. The molecule has 0 saturated carbocycles. The first-order valence-corrected chi connectivity index (χ1v) is 6.03. The number of nitrogens with one attached hydrogen (secondary N) is 1. The zero-order chi connectivity index (χ0) is 13.7. The minimum absolute atomic E-state index is 0.270. The highest BCUT2D eigenvalue weighted by atomic mass is 19.2. The van der Waals surface area contributed by atoms with Crippen LogP contribution in [0.15, 0.2) is 41.0 Å². The summed E-state index contributed by atoms with van der Waals surface area (Å²) in [5.74, 6) is -1.01. The van der Waals surface area contributed by atoms with Crippen molar-refractivity contribution < 1.29 is 18.3 Å². The van der Waals surface area contributed by atoms with Gasteiger partial charge in [-0.25, -0.2) is 8.78 Å². The van der Waals surface area contributed by atoms with E-state index >= 15 is 0 Å². The largest absolute Gasteiger partial charge is 0.469 e. The van der Waals surface area contributed by atoms with Crippen molar-refractivity contribution in [1.82, 2.24) is 5.32 Å². The Kier molecular flexibility index (Phi) is 4.65. The number of halogens is 2. The van der Waals surface area contributed by atoms with Crippen LogP contribution < -0.4 is 5.32 Å². The molecule has 1 heterocycles. The van der Waals surface area contributed by atoms with E-state index in [1.54, 1.807) is 6.26 Å². The SMILES string of the molecule is OC(CNCCc1ccco1)c1ccc(F)c(F)c1. The topological polar surface area (TPSA) is 45.4 Å². The highest BCUT2D eigenvalue weighted by Crippen LogP contribution is 2.15. The number of aliphatic hydroxyl groups excluding tert-OH is 1. The molecule has 5 heteroatoms. The average Bonchev–Trinajstić information content (AvgIpc) is 2.91. The smallest absolute Gasteiger partial charge is 0.159 e. The Balaban J connectivity index is 1.77. The van der Waals surface area contributed by atoms with Crippen molar-refractivity contribution in [1.29, 1.82) is 0 Å². The fourth-order valence-electron chi connectivity index (χ4n) is 1.74. The molecule has 1 aromatic heterocycles. The highest BCUT2D eigenvalue weighted by molar-refractivity contribution is 5.20. The Morgan fingerprint density at radius 2 is 2.05 bits per heavy atom. The summed E-state index contributed by atoms with van der Waals surface area (Å²) in [5.41, 5.74) is 0.351. The molecule has 1 unspecified atom stereocenters. The van der Waals surface area contributed by atoms with Gasteiger partial charge >= 0.3 is 0 Å². The second-order valence-electron chi connectivity index (χ2n) is 4.22. The number of hydrogen-bond acceptors (Lipinski definition) is 3. The van der Waals surface area contributed by atoms with E-state index in [2.05, 4.69) is 5.32 Å². The Bertz CT molecular complexity index is 514. The van der Waals surface area contributed by atoms with Gasteiger partial charge in [-0.05, 0) is 29.8 Å². The van der Waals surface area contributed by atoms with Crippen molar-refractivity contribution in [3.63, 3.8) is 0 Å². The molecule has 1 atom stereocenters. The van der Waals surface area contributed by atoms with Gasteiger partial charge in [0.25, 0.3) is 0 Å². The van der Waals surface area contributed by atoms with E-state index in [-0.39, 0.29) is 6.54 Å². The molecule has 0 spiro atoms. The lowest BCUT2D eigenvalue weighted by Gasteiger charge is -2.12. The minimum atomic E-state index is -0.952. The van der Waals surface area contributed by atoms with Crippen LogP contribution in [0.4, 0.5) is 8.78 Å². The van der Waals surface area contributed by atoms with E-state index in [0.717, 1.165) is 17.9 Å². The molecule has 0 aliphatic heterocycles. The van der Waals surface area contributed by atoms with Crippen LogP contribution in [0.5, 0.6) is 0 Å². The van der Waals surface area contributed by atoms with Crippen LogP contribution in [0.25, 0.3) is 0 Å². The third-order valence-corrected chi connectivity index (χ3v) is 2.79. The third-order valence-electron chi connectivity index (χ3n) is 2.79. The van der Waals surface area contributed by atoms with Crippen LogP contribution in [0.1, 0.15) is 17.4 Å². The first-order chi connectivity index (χ1) is 9.16. The fourth-order valence-corrected chi connectivity index (χ4v) is 1.74. The monoisotopic (exact) mass is 267 g/mol. The molecule has 0 fully saturated rings. The number of benzene rings is 1. The van der Waals surface area contributed by atoms with Crippen molar-refractivity contribution in [3.05, 3.63) is 59.6 Å². The normalized spacial score (nSPS) is 12.6. The summed E-state index contributed by atoms with van der Waals surface area (Å²) in [6.07, 6.45) is 1.44. The van der Waals surface area contributed by atoms with Gasteiger partial charge in [0.15, 0.2) is 11.6 Å². The van der Waals surface area contributed by atoms with Crippen LogP contribution in [-0.2, 0) is 6.42 Å². The molecule has 2 N–H and O–H groups in total. The summed E-state index contributed by atoms with van der Waals surface area (Å²) in [5, 5.41) is 12.8. The highest BCUT2D eigenvalue weighted by Gasteiger charge is 2.10. The first kappa shape index (κ1) is 13.7. The lowest BCUT2D eigenvalue weighted by Crippen LogP contribution is -2.23. The lowest BCUT2D eigenvalue weighted by atomic mass is 10.1. The Labute approximate surface area is 109 Å².